The first-order chi connectivity index (χ1) is 7.22. The monoisotopic (exact) mass is 205 g/mol. The van der Waals surface area contributed by atoms with E-state index < -0.39 is 5.97 Å². The topological polar surface area (TPSA) is 58.6 Å². The van der Waals surface area contributed by atoms with E-state index >= 15 is 0 Å². The molecule has 15 heavy (non-hydrogen) atoms. The van der Waals surface area contributed by atoms with Gasteiger partial charge in [0.15, 0.2) is 0 Å². The van der Waals surface area contributed by atoms with Gasteiger partial charge in [-0.25, -0.2) is 4.79 Å². The maximum Gasteiger partial charge on any atom is 0.384 e. The van der Waals surface area contributed by atoms with Crippen LogP contribution >= 0.6 is 0 Å². The van der Waals surface area contributed by atoms with E-state index in [1.807, 2.05) is 0 Å². The number of carbonyl (C=O) groups is 1. The van der Waals surface area contributed by atoms with Crippen molar-refractivity contribution in [2.24, 2.45) is 0 Å². The Balaban J connectivity index is 2.40. The van der Waals surface area contributed by atoms with Crippen LogP contribution in [-0.4, -0.2) is 24.7 Å². The van der Waals surface area contributed by atoms with Crippen molar-refractivity contribution in [2.75, 3.05) is 19.0 Å². The summed E-state index contributed by atoms with van der Waals surface area (Å²) in [5.74, 6) is 4.55. The van der Waals surface area contributed by atoms with Crippen molar-refractivity contribution < 1.29 is 14.6 Å². The van der Waals surface area contributed by atoms with Gasteiger partial charge in [0.25, 0.3) is 0 Å². The summed E-state index contributed by atoms with van der Waals surface area (Å²) < 4.78 is 4.34. The van der Waals surface area contributed by atoms with Crippen LogP contribution in [0.5, 0.6) is 5.75 Å². The van der Waals surface area contributed by atoms with Crippen molar-refractivity contribution in [1.82, 2.24) is 0 Å². The predicted octanol–water partition coefficient (Wildman–Crippen LogP) is 0.980. The molecule has 78 valence electrons. The van der Waals surface area contributed by atoms with Crippen molar-refractivity contribution in [2.45, 2.75) is 0 Å². The Hall–Kier alpha value is -2.15. The number of rotatable bonds is 2. The molecule has 1 aromatic carbocycles. The number of hydrogen-bond donors (Lipinski definition) is 2. The summed E-state index contributed by atoms with van der Waals surface area (Å²) in [6.07, 6.45) is 0. The molecule has 2 N–H and O–H groups in total. The molecule has 0 fully saturated rings. The molecule has 0 saturated heterocycles. The van der Waals surface area contributed by atoms with E-state index in [2.05, 4.69) is 21.9 Å². The summed E-state index contributed by atoms with van der Waals surface area (Å²) in [7, 11) is 1.28. The number of benzene rings is 1. The van der Waals surface area contributed by atoms with Gasteiger partial charge in [-0.15, -0.1) is 0 Å². The number of nitrogens with one attached hydrogen (secondary N) is 1. The third-order valence-corrected chi connectivity index (χ3v) is 1.62. The number of ether oxygens (including phenoxy) is 1. The third-order valence-electron chi connectivity index (χ3n) is 1.62. The van der Waals surface area contributed by atoms with Gasteiger partial charge in [0, 0.05) is 11.6 Å². The molecule has 0 aliphatic carbocycles. The molecule has 4 heteroatoms. The lowest BCUT2D eigenvalue weighted by atomic mass is 10.3. The molecule has 4 nitrogen and oxygen atoms in total. The number of phenols is 1. The van der Waals surface area contributed by atoms with Crippen LogP contribution in [0.4, 0.5) is 5.69 Å². The van der Waals surface area contributed by atoms with Crippen LogP contribution in [0.3, 0.4) is 0 Å². The Morgan fingerprint density at radius 3 is 2.73 bits per heavy atom. The number of methoxy groups -OCH3 is 1. The Morgan fingerprint density at radius 1 is 1.47 bits per heavy atom. The van der Waals surface area contributed by atoms with E-state index in [1.165, 1.54) is 7.11 Å². The highest BCUT2D eigenvalue weighted by Gasteiger charge is 1.91. The van der Waals surface area contributed by atoms with Crippen molar-refractivity contribution in [1.29, 1.82) is 0 Å². The van der Waals surface area contributed by atoms with E-state index in [-0.39, 0.29) is 5.75 Å². The van der Waals surface area contributed by atoms with Crippen LogP contribution in [0, 0.1) is 11.8 Å². The molecule has 0 aliphatic rings. The summed E-state index contributed by atoms with van der Waals surface area (Å²) in [5.41, 5.74) is 0.826. The summed E-state index contributed by atoms with van der Waals surface area (Å²) in [6, 6.07) is 6.57. The lowest BCUT2D eigenvalue weighted by molar-refractivity contribution is -0.133. The van der Waals surface area contributed by atoms with Gasteiger partial charge >= 0.3 is 5.97 Å². The highest BCUT2D eigenvalue weighted by molar-refractivity contribution is 5.88. The molecule has 1 aromatic rings. The van der Waals surface area contributed by atoms with E-state index in [1.54, 1.807) is 24.3 Å². The van der Waals surface area contributed by atoms with E-state index in [9.17, 15) is 4.79 Å². The minimum atomic E-state index is -0.553. The lowest BCUT2D eigenvalue weighted by Gasteiger charge is -2.00. The summed E-state index contributed by atoms with van der Waals surface area (Å²) in [6.45, 7) is 0.347. The molecule has 0 amide bonds. The Morgan fingerprint density at radius 2 is 2.13 bits per heavy atom. The van der Waals surface area contributed by atoms with Gasteiger partial charge in [0.05, 0.1) is 13.7 Å². The number of carbonyl (C=O) groups excluding carboxylic acids is 1. The van der Waals surface area contributed by atoms with Gasteiger partial charge < -0.3 is 15.2 Å². The normalized spacial score (nSPS) is 8.60. The van der Waals surface area contributed by atoms with Gasteiger partial charge in [-0.05, 0) is 24.3 Å². The van der Waals surface area contributed by atoms with Gasteiger partial charge in [-0.2, -0.15) is 0 Å². The van der Waals surface area contributed by atoms with Gasteiger partial charge in [-0.3, -0.25) is 0 Å². The van der Waals surface area contributed by atoms with Gasteiger partial charge in [0.2, 0.25) is 0 Å². The fourth-order valence-corrected chi connectivity index (χ4v) is 0.893. The molecule has 0 atom stereocenters. The van der Waals surface area contributed by atoms with Crippen molar-refractivity contribution in [3.8, 4) is 17.6 Å². The van der Waals surface area contributed by atoms with Crippen molar-refractivity contribution in [3.63, 3.8) is 0 Å². The average Bonchev–Trinajstić information content (AvgIpc) is 2.26. The van der Waals surface area contributed by atoms with Crippen LogP contribution in [0.2, 0.25) is 0 Å². The first-order valence-corrected chi connectivity index (χ1v) is 4.32. The third kappa shape index (κ3) is 4.05. The predicted molar refractivity (Wildman–Crippen MR) is 56.4 cm³/mol. The smallest absolute Gasteiger partial charge is 0.384 e. The Labute approximate surface area is 87.9 Å². The van der Waals surface area contributed by atoms with Crippen LogP contribution < -0.4 is 5.32 Å². The Bertz CT molecular complexity index is 387. The summed E-state index contributed by atoms with van der Waals surface area (Å²) in [4.78, 5) is 10.6. The van der Waals surface area contributed by atoms with Crippen LogP contribution in [0.1, 0.15) is 0 Å². The van der Waals surface area contributed by atoms with E-state index in [4.69, 9.17) is 5.11 Å². The number of aromatic hydroxyl groups is 1. The molecule has 0 spiro atoms. The molecule has 0 aromatic heterocycles. The first-order valence-electron chi connectivity index (χ1n) is 4.32. The highest BCUT2D eigenvalue weighted by atomic mass is 16.5. The SMILES string of the molecule is COC(=O)C#CCNc1ccc(O)cc1. The fourth-order valence-electron chi connectivity index (χ4n) is 0.893. The van der Waals surface area contributed by atoms with Crippen molar-refractivity contribution >= 4 is 11.7 Å². The molecule has 0 aliphatic heterocycles. The second-order valence-corrected chi connectivity index (χ2v) is 2.69. The number of esters is 1. The standard InChI is InChI=1S/C11H11NO3/c1-15-11(14)3-2-8-12-9-4-6-10(13)7-5-9/h4-7,12-13H,8H2,1H3. The molecule has 1 rings (SSSR count). The second kappa shape index (κ2) is 5.55. The average molecular weight is 205 g/mol. The molecule has 0 radical (unpaired) electrons. The lowest BCUT2D eigenvalue weighted by Crippen LogP contribution is -2.00. The maximum atomic E-state index is 10.6. The number of phenolic OH excluding ortho intramolecular Hbond substituents is 1. The molecule has 0 saturated carbocycles. The Kier molecular flexibility index (Phi) is 4.05. The fraction of sp³-hybridized carbons (Fsp3) is 0.182. The second-order valence-electron chi connectivity index (χ2n) is 2.69. The first kappa shape index (κ1) is 10.9. The minimum Gasteiger partial charge on any atom is -0.508 e. The van der Waals surface area contributed by atoms with Gasteiger partial charge in [-0.1, -0.05) is 5.92 Å². The largest absolute Gasteiger partial charge is 0.508 e. The summed E-state index contributed by atoms with van der Waals surface area (Å²) >= 11 is 0. The van der Waals surface area contributed by atoms with Crippen molar-refractivity contribution in [3.05, 3.63) is 24.3 Å². The van der Waals surface area contributed by atoms with Gasteiger partial charge in [0.1, 0.15) is 5.75 Å². The number of hydrogen-bond acceptors (Lipinski definition) is 4. The molecular weight excluding hydrogens is 194 g/mol. The molecule has 0 unspecified atom stereocenters. The zero-order chi connectivity index (χ0) is 11.1. The molecule has 0 bridgehead atoms. The number of anilines is 1. The van der Waals surface area contributed by atoms with Crippen LogP contribution in [0.25, 0.3) is 0 Å². The highest BCUT2D eigenvalue weighted by Crippen LogP contribution is 2.12. The zero-order valence-corrected chi connectivity index (χ0v) is 8.28. The van der Waals surface area contributed by atoms with E-state index in [0.717, 1.165) is 5.69 Å². The van der Waals surface area contributed by atoms with Crippen LogP contribution in [0.15, 0.2) is 24.3 Å². The maximum absolute atomic E-state index is 10.6. The molecular formula is C11H11NO3. The quantitative estimate of drug-likeness (QED) is 0.327. The zero-order valence-electron chi connectivity index (χ0n) is 8.28. The van der Waals surface area contributed by atoms with E-state index in [0.29, 0.717) is 6.54 Å². The summed E-state index contributed by atoms with van der Waals surface area (Å²) in [5, 5.41) is 12.0. The molecule has 0 heterocycles. The minimum absolute atomic E-state index is 0.209. The van der Waals surface area contributed by atoms with Crippen LogP contribution in [-0.2, 0) is 9.53 Å².